The maximum Gasteiger partial charge on any atom is 0.307 e. The Balaban J connectivity index is 1.65. The van der Waals surface area contributed by atoms with Crippen LogP contribution in [-0.4, -0.2) is 40.1 Å². The normalized spacial score (nSPS) is 15.3. The number of methoxy groups -OCH3 is 2. The van der Waals surface area contributed by atoms with E-state index in [0.29, 0.717) is 35.1 Å². The van der Waals surface area contributed by atoms with Crippen LogP contribution in [0.5, 0.6) is 11.5 Å². The molecule has 4 rings (SSSR count). The van der Waals surface area contributed by atoms with E-state index in [9.17, 15) is 15.0 Å². The standard InChI is InChI=1S/C30H37NO6/c1-30(2,35)28-25(36-3)15-23(16-26(28)37-4)29(34)24(18-31-10-9-19(17-31)14-27(32)33)13-20-11-21-7-5-6-8-22(21)12-20/h5-10,15-17,20,24,29,34-35H,11-14,18H2,1-4H3,(H,32,33)/t24-,29+/m0/s1. The number of rotatable bonds is 11. The van der Waals surface area contributed by atoms with Gasteiger partial charge in [-0.15, -0.1) is 0 Å². The van der Waals surface area contributed by atoms with Crippen LogP contribution in [0.25, 0.3) is 0 Å². The van der Waals surface area contributed by atoms with Gasteiger partial charge in [-0.05, 0) is 79.5 Å². The van der Waals surface area contributed by atoms with E-state index in [1.807, 2.05) is 23.0 Å². The number of aliphatic carboxylic acids is 1. The molecule has 0 fully saturated rings. The molecule has 0 amide bonds. The van der Waals surface area contributed by atoms with Crippen molar-refractivity contribution in [3.8, 4) is 11.5 Å². The molecule has 0 unspecified atom stereocenters. The first-order valence-electron chi connectivity index (χ1n) is 12.7. The van der Waals surface area contributed by atoms with Crippen LogP contribution in [0.1, 0.15) is 54.2 Å². The highest BCUT2D eigenvalue weighted by Crippen LogP contribution is 2.42. The van der Waals surface area contributed by atoms with Crippen molar-refractivity contribution in [2.75, 3.05) is 14.2 Å². The third kappa shape index (κ3) is 6.17. The molecule has 3 aromatic rings. The molecule has 7 heteroatoms. The molecule has 2 atom stereocenters. The van der Waals surface area contributed by atoms with Gasteiger partial charge in [-0.1, -0.05) is 24.3 Å². The molecular weight excluding hydrogens is 470 g/mol. The van der Waals surface area contributed by atoms with Crippen LogP contribution in [0.4, 0.5) is 0 Å². The maximum atomic E-state index is 11.7. The van der Waals surface area contributed by atoms with Crippen LogP contribution in [0.3, 0.4) is 0 Å². The number of carbonyl (C=O) groups is 1. The highest BCUT2D eigenvalue weighted by molar-refractivity contribution is 5.70. The van der Waals surface area contributed by atoms with Crippen molar-refractivity contribution in [1.82, 2.24) is 4.57 Å². The van der Waals surface area contributed by atoms with Gasteiger partial charge in [0.2, 0.25) is 0 Å². The van der Waals surface area contributed by atoms with Gasteiger partial charge in [0.15, 0.2) is 0 Å². The van der Waals surface area contributed by atoms with Crippen LogP contribution in [0.2, 0.25) is 0 Å². The molecule has 0 spiro atoms. The van der Waals surface area contributed by atoms with E-state index in [1.54, 1.807) is 26.0 Å². The lowest BCUT2D eigenvalue weighted by Crippen LogP contribution is -2.23. The van der Waals surface area contributed by atoms with Crippen molar-refractivity contribution in [2.45, 2.75) is 57.8 Å². The lowest BCUT2D eigenvalue weighted by Gasteiger charge is -2.29. The molecule has 0 saturated heterocycles. The fraction of sp³-hybridized carbons (Fsp3) is 0.433. The van der Waals surface area contributed by atoms with Crippen LogP contribution >= 0.6 is 0 Å². The summed E-state index contributed by atoms with van der Waals surface area (Å²) < 4.78 is 13.2. The number of hydrogen-bond donors (Lipinski definition) is 3. The van der Waals surface area contributed by atoms with Crippen LogP contribution < -0.4 is 9.47 Å². The van der Waals surface area contributed by atoms with Crippen LogP contribution in [0.15, 0.2) is 54.9 Å². The Morgan fingerprint density at radius 2 is 1.68 bits per heavy atom. The first-order valence-corrected chi connectivity index (χ1v) is 12.7. The summed E-state index contributed by atoms with van der Waals surface area (Å²) in [5.41, 5.74) is 3.44. The first-order chi connectivity index (χ1) is 17.6. The van der Waals surface area contributed by atoms with Crippen LogP contribution in [0, 0.1) is 11.8 Å². The topological polar surface area (TPSA) is 101 Å². The molecule has 0 bridgehead atoms. The third-order valence-corrected chi connectivity index (χ3v) is 7.31. The van der Waals surface area contributed by atoms with Crippen LogP contribution in [-0.2, 0) is 36.2 Å². The number of ether oxygens (including phenoxy) is 2. The second kappa shape index (κ2) is 11.0. The van der Waals surface area contributed by atoms with E-state index in [2.05, 4.69) is 24.3 Å². The predicted molar refractivity (Wildman–Crippen MR) is 141 cm³/mol. The number of aliphatic hydroxyl groups excluding tert-OH is 1. The average Bonchev–Trinajstić information content (AvgIpc) is 3.47. The number of benzene rings is 2. The minimum atomic E-state index is -1.19. The van der Waals surface area contributed by atoms with Crippen molar-refractivity contribution in [2.24, 2.45) is 11.8 Å². The van der Waals surface area contributed by atoms with E-state index in [4.69, 9.17) is 14.6 Å². The molecule has 1 aliphatic rings. The number of aliphatic hydroxyl groups is 2. The van der Waals surface area contributed by atoms with E-state index in [-0.39, 0.29) is 12.3 Å². The Hall–Kier alpha value is -3.29. The van der Waals surface area contributed by atoms with E-state index < -0.39 is 17.7 Å². The largest absolute Gasteiger partial charge is 0.496 e. The highest BCUT2D eigenvalue weighted by atomic mass is 16.5. The third-order valence-electron chi connectivity index (χ3n) is 7.31. The molecule has 1 aromatic heterocycles. The zero-order valence-corrected chi connectivity index (χ0v) is 22.0. The Morgan fingerprint density at radius 1 is 1.08 bits per heavy atom. The Labute approximate surface area is 218 Å². The zero-order chi connectivity index (χ0) is 26.7. The van der Waals surface area contributed by atoms with Gasteiger partial charge < -0.3 is 29.4 Å². The summed E-state index contributed by atoms with van der Waals surface area (Å²) in [6.07, 6.45) is 5.59. The summed E-state index contributed by atoms with van der Waals surface area (Å²) in [7, 11) is 3.08. The van der Waals surface area contributed by atoms with Crippen molar-refractivity contribution in [1.29, 1.82) is 0 Å². The summed E-state index contributed by atoms with van der Waals surface area (Å²) in [6, 6.07) is 13.9. The number of aromatic nitrogens is 1. The number of carboxylic acids is 1. The molecule has 7 nitrogen and oxygen atoms in total. The van der Waals surface area contributed by atoms with Gasteiger partial charge in [-0.3, -0.25) is 4.79 Å². The molecule has 0 saturated carbocycles. The van der Waals surface area contributed by atoms with E-state index >= 15 is 0 Å². The van der Waals surface area contributed by atoms with Crippen molar-refractivity contribution in [3.63, 3.8) is 0 Å². The lowest BCUT2D eigenvalue weighted by molar-refractivity contribution is -0.136. The summed E-state index contributed by atoms with van der Waals surface area (Å²) in [6.45, 7) is 3.88. The van der Waals surface area contributed by atoms with E-state index in [0.717, 1.165) is 24.8 Å². The number of carboxylic acid groups (broad SMARTS) is 1. The van der Waals surface area contributed by atoms with Crippen molar-refractivity contribution in [3.05, 3.63) is 82.7 Å². The van der Waals surface area contributed by atoms with Crippen molar-refractivity contribution < 1.29 is 29.6 Å². The van der Waals surface area contributed by atoms with Crippen molar-refractivity contribution >= 4 is 5.97 Å². The maximum absolute atomic E-state index is 11.7. The van der Waals surface area contributed by atoms with Gasteiger partial charge >= 0.3 is 5.97 Å². The molecule has 0 radical (unpaired) electrons. The second-order valence-electron chi connectivity index (χ2n) is 10.6. The summed E-state index contributed by atoms with van der Waals surface area (Å²) >= 11 is 0. The molecular formula is C30H37NO6. The minimum absolute atomic E-state index is 0.0367. The molecule has 37 heavy (non-hydrogen) atoms. The van der Waals surface area contributed by atoms with Gasteiger partial charge in [0, 0.05) is 24.9 Å². The molecule has 198 valence electrons. The molecule has 2 aromatic carbocycles. The average molecular weight is 508 g/mol. The summed E-state index contributed by atoms with van der Waals surface area (Å²) in [5, 5.41) is 31.6. The molecule has 0 aliphatic heterocycles. The fourth-order valence-electron chi connectivity index (χ4n) is 5.68. The molecule has 1 heterocycles. The second-order valence-corrected chi connectivity index (χ2v) is 10.6. The smallest absolute Gasteiger partial charge is 0.307 e. The number of fused-ring (bicyclic) bond motifs is 1. The predicted octanol–water partition coefficient (Wildman–Crippen LogP) is 4.51. The quantitative estimate of drug-likeness (QED) is 0.353. The summed E-state index contributed by atoms with van der Waals surface area (Å²) in [5.74, 6) is 0.289. The fourth-order valence-corrected chi connectivity index (χ4v) is 5.68. The van der Waals surface area contributed by atoms with E-state index in [1.165, 1.54) is 25.3 Å². The highest BCUT2D eigenvalue weighted by Gasteiger charge is 2.32. The monoisotopic (exact) mass is 507 g/mol. The van der Waals surface area contributed by atoms with Gasteiger partial charge in [-0.25, -0.2) is 0 Å². The molecule has 1 aliphatic carbocycles. The SMILES string of the molecule is COc1cc([C@@H](O)[C@@H](CC2Cc3ccccc3C2)Cn2ccc(CC(=O)O)c2)cc(OC)c1C(C)(C)O. The Bertz CT molecular complexity index is 1190. The van der Waals surface area contributed by atoms with Gasteiger partial charge in [-0.2, -0.15) is 0 Å². The van der Waals surface area contributed by atoms with Gasteiger partial charge in [0.25, 0.3) is 0 Å². The number of nitrogens with zero attached hydrogens (tertiary/aromatic N) is 1. The Kier molecular flexibility index (Phi) is 7.95. The number of hydrogen-bond acceptors (Lipinski definition) is 5. The summed E-state index contributed by atoms with van der Waals surface area (Å²) in [4.78, 5) is 11.2. The Morgan fingerprint density at radius 3 is 2.19 bits per heavy atom. The van der Waals surface area contributed by atoms with Gasteiger partial charge in [0.05, 0.1) is 37.9 Å². The zero-order valence-electron chi connectivity index (χ0n) is 22.0. The molecule has 3 N–H and O–H groups in total. The lowest BCUT2D eigenvalue weighted by atomic mass is 9.84. The first kappa shape index (κ1) is 26.8. The minimum Gasteiger partial charge on any atom is -0.496 e. The van der Waals surface area contributed by atoms with Gasteiger partial charge in [0.1, 0.15) is 11.5 Å².